The summed E-state index contributed by atoms with van der Waals surface area (Å²) in [6.07, 6.45) is 0. The molecule has 0 bridgehead atoms. The van der Waals surface area contributed by atoms with Crippen LogP contribution >= 0.6 is 0 Å². The maximum absolute atomic E-state index is 13.6. The van der Waals surface area contributed by atoms with Crippen molar-refractivity contribution in [3.63, 3.8) is 0 Å². The van der Waals surface area contributed by atoms with Crippen molar-refractivity contribution in [3.05, 3.63) is 77.6 Å². The Balaban J connectivity index is 1.94. The predicted molar refractivity (Wildman–Crippen MR) is 83.0 cm³/mol. The standard InChI is InChI=1S/C18H14FNO/c1-12-9-10-14(11-16(12)19)18(21)20-17-8-4-6-13-5-2-3-7-15(13)17/h2-11H,1H3,(H,20,21). The SMILES string of the molecule is Cc1ccc(C(=O)Nc2cccc3ccccc23)cc1F. The van der Waals surface area contributed by atoms with E-state index in [0.29, 0.717) is 11.1 Å². The number of anilines is 1. The molecule has 0 saturated heterocycles. The molecule has 0 saturated carbocycles. The topological polar surface area (TPSA) is 29.1 Å². The lowest BCUT2D eigenvalue weighted by Crippen LogP contribution is -2.12. The van der Waals surface area contributed by atoms with Crippen LogP contribution in [0.3, 0.4) is 0 Å². The number of benzene rings is 3. The molecule has 3 rings (SSSR count). The van der Waals surface area contributed by atoms with Crippen LogP contribution in [0.4, 0.5) is 10.1 Å². The van der Waals surface area contributed by atoms with Crippen LogP contribution < -0.4 is 5.32 Å². The molecule has 1 amide bonds. The van der Waals surface area contributed by atoms with Gasteiger partial charge in [-0.05, 0) is 36.1 Å². The van der Waals surface area contributed by atoms with E-state index >= 15 is 0 Å². The molecule has 3 heteroatoms. The van der Waals surface area contributed by atoms with Gasteiger partial charge >= 0.3 is 0 Å². The summed E-state index contributed by atoms with van der Waals surface area (Å²) in [5.74, 6) is -0.689. The van der Waals surface area contributed by atoms with E-state index in [1.54, 1.807) is 19.1 Å². The van der Waals surface area contributed by atoms with Gasteiger partial charge in [-0.15, -0.1) is 0 Å². The van der Waals surface area contributed by atoms with Crippen LogP contribution in [-0.2, 0) is 0 Å². The third-order valence-electron chi connectivity index (χ3n) is 3.47. The fraction of sp³-hybridized carbons (Fsp3) is 0.0556. The molecule has 0 aliphatic carbocycles. The van der Waals surface area contributed by atoms with Crippen molar-refractivity contribution in [3.8, 4) is 0 Å². The van der Waals surface area contributed by atoms with Crippen molar-refractivity contribution in [2.24, 2.45) is 0 Å². The first-order chi connectivity index (χ1) is 10.1. The number of nitrogens with one attached hydrogen (secondary N) is 1. The highest BCUT2D eigenvalue weighted by atomic mass is 19.1. The highest BCUT2D eigenvalue weighted by molar-refractivity contribution is 6.09. The third kappa shape index (κ3) is 2.63. The summed E-state index contributed by atoms with van der Waals surface area (Å²) in [5, 5.41) is 4.85. The van der Waals surface area contributed by atoms with Crippen LogP contribution in [0.2, 0.25) is 0 Å². The Morgan fingerprint density at radius 2 is 1.76 bits per heavy atom. The van der Waals surface area contributed by atoms with Crippen LogP contribution in [0.25, 0.3) is 10.8 Å². The van der Waals surface area contributed by atoms with Crippen molar-refractivity contribution in [1.29, 1.82) is 0 Å². The number of carbonyl (C=O) groups is 1. The van der Waals surface area contributed by atoms with Crippen molar-refractivity contribution < 1.29 is 9.18 Å². The fourth-order valence-electron chi connectivity index (χ4n) is 2.26. The molecular weight excluding hydrogens is 265 g/mol. The Morgan fingerprint density at radius 1 is 1.00 bits per heavy atom. The second-order valence-corrected chi connectivity index (χ2v) is 4.94. The van der Waals surface area contributed by atoms with Crippen molar-refractivity contribution >= 4 is 22.4 Å². The quantitative estimate of drug-likeness (QED) is 0.733. The zero-order valence-electron chi connectivity index (χ0n) is 11.6. The third-order valence-corrected chi connectivity index (χ3v) is 3.47. The molecule has 0 atom stereocenters. The Kier molecular flexibility index (Phi) is 3.40. The van der Waals surface area contributed by atoms with Crippen LogP contribution in [0.5, 0.6) is 0 Å². The summed E-state index contributed by atoms with van der Waals surface area (Å²) in [7, 11) is 0. The van der Waals surface area contributed by atoms with Gasteiger partial charge < -0.3 is 5.32 Å². The molecular formula is C18H14FNO. The van der Waals surface area contributed by atoms with Crippen molar-refractivity contribution in [1.82, 2.24) is 0 Å². The average molecular weight is 279 g/mol. The molecule has 0 aliphatic heterocycles. The Labute approximate surface area is 122 Å². The summed E-state index contributed by atoms with van der Waals surface area (Å²) < 4.78 is 13.6. The van der Waals surface area contributed by atoms with Gasteiger partial charge in [0.1, 0.15) is 5.82 Å². The lowest BCUT2D eigenvalue weighted by atomic mass is 10.1. The highest BCUT2D eigenvalue weighted by Gasteiger charge is 2.10. The average Bonchev–Trinajstić information content (AvgIpc) is 2.50. The lowest BCUT2D eigenvalue weighted by Gasteiger charge is -2.09. The largest absolute Gasteiger partial charge is 0.321 e. The first-order valence-corrected chi connectivity index (χ1v) is 6.70. The molecule has 0 heterocycles. The van der Waals surface area contributed by atoms with Crippen molar-refractivity contribution in [2.45, 2.75) is 6.92 Å². The minimum Gasteiger partial charge on any atom is -0.321 e. The van der Waals surface area contributed by atoms with Gasteiger partial charge in [0, 0.05) is 16.6 Å². The fourth-order valence-corrected chi connectivity index (χ4v) is 2.26. The molecule has 3 aromatic rings. The molecule has 0 unspecified atom stereocenters. The van der Waals surface area contributed by atoms with E-state index < -0.39 is 0 Å². The van der Waals surface area contributed by atoms with E-state index in [1.807, 2.05) is 42.5 Å². The Morgan fingerprint density at radius 3 is 2.57 bits per heavy atom. The van der Waals surface area contributed by atoms with E-state index in [1.165, 1.54) is 6.07 Å². The van der Waals surface area contributed by atoms with Crippen LogP contribution in [-0.4, -0.2) is 5.91 Å². The van der Waals surface area contributed by atoms with E-state index in [2.05, 4.69) is 5.32 Å². The molecule has 0 radical (unpaired) electrons. The zero-order chi connectivity index (χ0) is 14.8. The number of hydrogen-bond donors (Lipinski definition) is 1. The van der Waals surface area contributed by atoms with Gasteiger partial charge in [-0.25, -0.2) is 4.39 Å². The molecule has 104 valence electrons. The highest BCUT2D eigenvalue weighted by Crippen LogP contribution is 2.23. The number of halogens is 1. The molecule has 2 nitrogen and oxygen atoms in total. The summed E-state index contributed by atoms with van der Waals surface area (Å²) in [6.45, 7) is 1.67. The molecule has 0 aromatic heterocycles. The number of aryl methyl sites for hydroxylation is 1. The monoisotopic (exact) mass is 279 g/mol. The second kappa shape index (κ2) is 5.37. The Hall–Kier alpha value is -2.68. The summed E-state index contributed by atoms with van der Waals surface area (Å²) >= 11 is 0. The zero-order valence-corrected chi connectivity index (χ0v) is 11.6. The van der Waals surface area contributed by atoms with Gasteiger partial charge in [0.2, 0.25) is 0 Å². The lowest BCUT2D eigenvalue weighted by molar-refractivity contribution is 0.102. The maximum atomic E-state index is 13.6. The van der Waals surface area contributed by atoms with E-state index in [4.69, 9.17) is 0 Å². The minimum atomic E-state index is -0.374. The van der Waals surface area contributed by atoms with Gasteiger partial charge in [0.25, 0.3) is 5.91 Å². The van der Waals surface area contributed by atoms with Crippen LogP contribution in [0, 0.1) is 12.7 Å². The number of fused-ring (bicyclic) bond motifs is 1. The molecule has 1 N–H and O–H groups in total. The van der Waals surface area contributed by atoms with Crippen molar-refractivity contribution in [2.75, 3.05) is 5.32 Å². The normalized spacial score (nSPS) is 10.6. The predicted octanol–water partition coefficient (Wildman–Crippen LogP) is 4.54. The van der Waals surface area contributed by atoms with Gasteiger partial charge in [-0.1, -0.05) is 42.5 Å². The van der Waals surface area contributed by atoms with Crippen LogP contribution in [0.15, 0.2) is 60.7 Å². The van der Waals surface area contributed by atoms with Gasteiger partial charge in [0.05, 0.1) is 0 Å². The van der Waals surface area contributed by atoms with E-state index in [0.717, 1.165) is 16.5 Å². The smallest absolute Gasteiger partial charge is 0.255 e. The number of carbonyl (C=O) groups excluding carboxylic acids is 1. The summed E-state index contributed by atoms with van der Waals surface area (Å²) in [4.78, 5) is 12.2. The summed E-state index contributed by atoms with van der Waals surface area (Å²) in [5.41, 5.74) is 1.56. The van der Waals surface area contributed by atoms with E-state index in [9.17, 15) is 9.18 Å². The molecule has 0 fully saturated rings. The van der Waals surface area contributed by atoms with Gasteiger partial charge in [-0.3, -0.25) is 4.79 Å². The molecule has 0 aliphatic rings. The summed E-state index contributed by atoms with van der Waals surface area (Å²) in [6, 6.07) is 18.0. The molecule has 3 aromatic carbocycles. The second-order valence-electron chi connectivity index (χ2n) is 4.94. The van der Waals surface area contributed by atoms with E-state index in [-0.39, 0.29) is 11.7 Å². The number of rotatable bonds is 2. The Bertz CT molecular complexity index is 821. The number of hydrogen-bond acceptors (Lipinski definition) is 1. The van der Waals surface area contributed by atoms with Crippen LogP contribution in [0.1, 0.15) is 15.9 Å². The first kappa shape index (κ1) is 13.3. The minimum absolute atomic E-state index is 0.311. The molecule has 21 heavy (non-hydrogen) atoms. The first-order valence-electron chi connectivity index (χ1n) is 6.70. The van der Waals surface area contributed by atoms with Gasteiger partial charge in [-0.2, -0.15) is 0 Å². The number of amides is 1. The molecule has 0 spiro atoms. The van der Waals surface area contributed by atoms with Gasteiger partial charge in [0.15, 0.2) is 0 Å². The maximum Gasteiger partial charge on any atom is 0.255 e.